The van der Waals surface area contributed by atoms with Crippen LogP contribution >= 0.6 is 12.2 Å². The maximum absolute atomic E-state index is 12.7. The topological polar surface area (TPSA) is 204 Å². The Labute approximate surface area is 416 Å². The monoisotopic (exact) mass is 1050 g/mol. The van der Waals surface area contributed by atoms with Gasteiger partial charge in [-0.1, -0.05) is 76.0 Å². The molecule has 0 aliphatic heterocycles. The summed E-state index contributed by atoms with van der Waals surface area (Å²) >= 11 is 3.70. The summed E-state index contributed by atoms with van der Waals surface area (Å²) in [6.07, 6.45) is 9.24. The number of hydrogen-bond donors (Lipinski definition) is 1. The standard InChI is InChI=1S/C31H36F3N4.C18H11N3O6.CNS.Ru/c1-3-5-7-9-23-11-15-25(16-12-23)38(26-17-13-24(14-18-26)10-8-6-4-2)27-19-20-29(37-22-27)28(35)21-30(36)31(32,33)34;22-9-25-12-1-3-19-15(5-12)17-7-14(27-11-24)8-18(21-17)16-6-13(26-10-23)2-4-20-16;2-1-3;/h11-22,35-36H,3-10H2,1-2H3;1-11H;;/q-1;;-1;+2/b28-21-,36-30?;;;. The van der Waals surface area contributed by atoms with Gasteiger partial charge in [0.2, 0.25) is 0 Å². The van der Waals surface area contributed by atoms with Gasteiger partial charge in [-0.15, -0.1) is 5.70 Å². The second kappa shape index (κ2) is 29.4. The fourth-order valence-electron chi connectivity index (χ4n) is 6.46. The molecule has 0 unspecified atom stereocenters. The van der Waals surface area contributed by atoms with Crippen molar-refractivity contribution < 1.29 is 61.2 Å². The zero-order valence-electron chi connectivity index (χ0n) is 37.5. The quantitative estimate of drug-likeness (QED) is 0.0235. The molecule has 14 nitrogen and oxygen atoms in total. The van der Waals surface area contributed by atoms with Crippen molar-refractivity contribution in [2.24, 2.45) is 0 Å². The minimum absolute atomic E-state index is 0. The van der Waals surface area contributed by atoms with Gasteiger partial charge in [-0.05, 0) is 91.4 Å². The van der Waals surface area contributed by atoms with Crippen LogP contribution in [-0.4, -0.2) is 56.4 Å². The van der Waals surface area contributed by atoms with Gasteiger partial charge in [0.25, 0.3) is 19.4 Å². The number of isothiocyanates is 1. The molecule has 0 amide bonds. The number of alkyl halides is 3. The van der Waals surface area contributed by atoms with Gasteiger partial charge in [0, 0.05) is 53.7 Å². The summed E-state index contributed by atoms with van der Waals surface area (Å²) in [6.45, 7) is 5.25. The van der Waals surface area contributed by atoms with Crippen LogP contribution in [0.5, 0.6) is 17.2 Å². The third kappa shape index (κ3) is 18.0. The first-order chi connectivity index (χ1) is 32.9. The zero-order chi connectivity index (χ0) is 49.3. The molecule has 0 aliphatic rings. The maximum atomic E-state index is 12.7. The third-order valence-corrected chi connectivity index (χ3v) is 9.74. The molecule has 358 valence electrons. The van der Waals surface area contributed by atoms with Gasteiger partial charge in [0.05, 0.1) is 34.7 Å². The van der Waals surface area contributed by atoms with Crippen LogP contribution in [0.15, 0.2) is 122 Å². The van der Waals surface area contributed by atoms with Gasteiger partial charge in [-0.2, -0.15) is 18.3 Å². The Morgan fingerprint density at radius 3 is 1.49 bits per heavy atom. The summed E-state index contributed by atoms with van der Waals surface area (Å²) in [4.78, 5) is 50.9. The van der Waals surface area contributed by atoms with Crippen LogP contribution in [0, 0.1) is 5.41 Å². The largest absolute Gasteiger partial charge is 2.00 e. The smallest absolute Gasteiger partial charge is 0.753 e. The fraction of sp³-hybridized carbons (Fsp3) is 0.220. The Balaban J connectivity index is 0.000000357. The fourth-order valence-corrected chi connectivity index (χ4v) is 6.46. The Morgan fingerprint density at radius 1 is 0.681 bits per heavy atom. The van der Waals surface area contributed by atoms with Crippen LogP contribution in [0.2, 0.25) is 0 Å². The molecule has 4 aromatic heterocycles. The molecule has 0 radical (unpaired) electrons. The van der Waals surface area contributed by atoms with E-state index < -0.39 is 17.6 Å². The molecule has 19 heteroatoms. The Hall–Kier alpha value is -7.33. The van der Waals surface area contributed by atoms with Crippen LogP contribution in [0.25, 0.3) is 39.6 Å². The van der Waals surface area contributed by atoms with Crippen molar-refractivity contribution in [1.29, 1.82) is 5.41 Å². The van der Waals surface area contributed by atoms with E-state index >= 15 is 0 Å². The molecule has 0 bridgehead atoms. The van der Waals surface area contributed by atoms with Crippen molar-refractivity contribution in [1.82, 2.24) is 19.9 Å². The van der Waals surface area contributed by atoms with E-state index in [2.05, 4.69) is 94.5 Å². The molecule has 4 heterocycles. The van der Waals surface area contributed by atoms with Crippen molar-refractivity contribution in [3.63, 3.8) is 0 Å². The summed E-state index contributed by atoms with van der Waals surface area (Å²) in [5, 5.41) is 15.6. The summed E-state index contributed by atoms with van der Waals surface area (Å²) in [7, 11) is 0. The number of unbranched alkanes of at least 4 members (excludes halogenated alkanes) is 4. The van der Waals surface area contributed by atoms with Crippen molar-refractivity contribution in [2.75, 3.05) is 4.90 Å². The average molecular weight is 1050 g/mol. The Morgan fingerprint density at radius 2 is 1.10 bits per heavy atom. The van der Waals surface area contributed by atoms with Crippen molar-refractivity contribution >= 4 is 65.3 Å². The Kier molecular flexibility index (Phi) is 23.9. The number of ether oxygens (including phenoxy) is 3. The number of rotatable bonds is 21. The van der Waals surface area contributed by atoms with Gasteiger partial charge in [-0.3, -0.25) is 34.7 Å². The minimum Gasteiger partial charge on any atom is -0.753 e. The first-order valence-corrected chi connectivity index (χ1v) is 21.6. The number of nitrogens with one attached hydrogen (secondary N) is 2. The molecule has 0 saturated carbocycles. The first-order valence-electron chi connectivity index (χ1n) is 21.2. The predicted molar refractivity (Wildman–Crippen MR) is 258 cm³/mol. The number of carbonyl (C=O) groups excluding carboxylic acids is 3. The summed E-state index contributed by atoms with van der Waals surface area (Å²) < 4.78 is 52.7. The number of pyridine rings is 4. The van der Waals surface area contributed by atoms with Gasteiger partial charge < -0.3 is 30.3 Å². The van der Waals surface area contributed by atoms with Crippen molar-refractivity contribution in [2.45, 2.75) is 71.4 Å². The molecule has 0 fully saturated rings. The molecule has 2 N–H and O–H groups in total. The molecule has 2 aromatic carbocycles. The molecule has 69 heavy (non-hydrogen) atoms. The number of anilines is 3. The van der Waals surface area contributed by atoms with Crippen molar-refractivity contribution in [3.8, 4) is 40.0 Å². The summed E-state index contributed by atoms with van der Waals surface area (Å²) in [5.41, 5.74) is 12.6. The summed E-state index contributed by atoms with van der Waals surface area (Å²) in [6, 6.07) is 29.1. The molecule has 0 aliphatic carbocycles. The number of nitrogens with zero attached hydrogens (tertiary/aromatic N) is 6. The number of aryl methyl sites for hydroxylation is 2. The van der Waals surface area contributed by atoms with Gasteiger partial charge in [-0.25, -0.2) is 4.98 Å². The van der Waals surface area contributed by atoms with E-state index in [1.807, 2.05) is 4.90 Å². The number of allylic oxidation sites excluding steroid dienone is 1. The SMILES string of the molecule is CCCCCc1ccc(N(c2ccc(CCCCC)cc2)c2ccc(/C([NH-])=C/C(=N)C(F)(F)F)nc2)cc1.O=COc1ccnc(-c2cc(OC=O)cc(-c3cc(OC=O)ccn3)n2)c1.[N-]=C=S.[Ru+2]. The first kappa shape index (κ1) is 56.0. The van der Waals surface area contributed by atoms with Crippen LogP contribution in [0.3, 0.4) is 0 Å². The number of thiocarbonyl (C=S) groups is 1. The van der Waals surface area contributed by atoms with E-state index in [0.29, 0.717) is 41.8 Å². The molecule has 0 saturated heterocycles. The van der Waals surface area contributed by atoms with Crippen LogP contribution in [-0.2, 0) is 46.7 Å². The van der Waals surface area contributed by atoms with Gasteiger partial charge >= 0.3 is 25.7 Å². The van der Waals surface area contributed by atoms with Crippen LogP contribution < -0.4 is 19.1 Å². The van der Waals surface area contributed by atoms with E-state index in [1.165, 1.54) is 96.8 Å². The second-order valence-corrected chi connectivity index (χ2v) is 14.7. The molecule has 6 aromatic rings. The molecule has 0 spiro atoms. The number of halogens is 3. The predicted octanol–water partition coefficient (Wildman–Crippen LogP) is 12.5. The number of hydrogen-bond acceptors (Lipinski definition) is 13. The second-order valence-electron chi connectivity index (χ2n) is 14.5. The molecular formula is C50H47F3N8O6RuS. The third-order valence-electron chi connectivity index (χ3n) is 9.74. The van der Waals surface area contributed by atoms with E-state index in [4.69, 9.17) is 30.8 Å². The van der Waals surface area contributed by atoms with E-state index in [-0.39, 0.29) is 48.9 Å². The average Bonchev–Trinajstić information content (AvgIpc) is 3.33. The summed E-state index contributed by atoms with van der Waals surface area (Å²) in [5.74, 6) is 0.760. The number of aromatic nitrogens is 4. The molecule has 0 atom stereocenters. The van der Waals surface area contributed by atoms with E-state index in [0.717, 1.165) is 42.7 Å². The zero-order valence-corrected chi connectivity index (χ0v) is 40.0. The molecule has 6 rings (SSSR count). The van der Waals surface area contributed by atoms with Crippen LogP contribution in [0.1, 0.15) is 69.2 Å². The Bertz CT molecular complexity index is 2530. The van der Waals surface area contributed by atoms with Gasteiger partial charge in [0.1, 0.15) is 23.0 Å². The van der Waals surface area contributed by atoms with E-state index in [9.17, 15) is 27.6 Å². The van der Waals surface area contributed by atoms with Crippen molar-refractivity contribution in [3.05, 3.63) is 150 Å². The maximum Gasteiger partial charge on any atom is 2.00 e. The normalized spacial score (nSPS) is 10.6. The van der Waals surface area contributed by atoms with Gasteiger partial charge in [0.15, 0.2) is 0 Å². The van der Waals surface area contributed by atoms with E-state index in [1.54, 1.807) is 12.3 Å². The molecular weight excluding hydrogens is 999 g/mol. The number of carbonyl (C=O) groups is 3. The van der Waals surface area contributed by atoms with Crippen LogP contribution in [0.4, 0.5) is 30.2 Å². The minimum atomic E-state index is -4.80. The number of benzene rings is 2.